The molecule has 5 nitrogen and oxygen atoms in total. The van der Waals surface area contributed by atoms with Crippen molar-refractivity contribution in [2.45, 2.75) is 45.4 Å². The number of halogens is 1. The molecule has 1 aliphatic heterocycles. The minimum atomic E-state index is -0.224. The summed E-state index contributed by atoms with van der Waals surface area (Å²) in [6, 6.07) is 2.33. The van der Waals surface area contributed by atoms with Crippen molar-refractivity contribution in [2.75, 3.05) is 13.1 Å². The summed E-state index contributed by atoms with van der Waals surface area (Å²) in [4.78, 5) is 6.75. The number of pyridine rings is 1. The Morgan fingerprint density at radius 3 is 3.00 bits per heavy atom. The molecule has 1 fully saturated rings. The molecular weight excluding hydrogens is 288 g/mol. The number of likely N-dealkylation sites (tertiary alicyclic amines) is 1. The maximum absolute atomic E-state index is 9.76. The fraction of sp³-hybridized carbons (Fsp3) is 0.600. The Labute approximate surface area is 129 Å². The lowest BCUT2D eigenvalue weighted by Gasteiger charge is -2.30. The number of β-amino-alcohol motifs (C(OH)–C–C–N with tert-alkyl or cyclic N) is 1. The maximum atomic E-state index is 9.76. The number of fused-ring (bicyclic) bond motifs is 1. The molecule has 6 heteroatoms. The van der Waals surface area contributed by atoms with E-state index in [1.807, 2.05) is 10.9 Å². The predicted molar refractivity (Wildman–Crippen MR) is 83.4 cm³/mol. The lowest BCUT2D eigenvalue weighted by molar-refractivity contribution is 0.0668. The van der Waals surface area contributed by atoms with E-state index in [0.717, 1.165) is 42.5 Å². The van der Waals surface area contributed by atoms with Crippen molar-refractivity contribution in [1.82, 2.24) is 19.7 Å². The van der Waals surface area contributed by atoms with Crippen molar-refractivity contribution in [1.29, 1.82) is 0 Å². The summed E-state index contributed by atoms with van der Waals surface area (Å²) in [6.45, 7) is 6.58. The first kappa shape index (κ1) is 14.8. The Morgan fingerprint density at radius 1 is 1.48 bits per heavy atom. The third kappa shape index (κ3) is 3.05. The molecule has 1 unspecified atom stereocenters. The van der Waals surface area contributed by atoms with Gasteiger partial charge in [0.25, 0.3) is 0 Å². The molecule has 0 aliphatic carbocycles. The smallest absolute Gasteiger partial charge is 0.159 e. The van der Waals surface area contributed by atoms with E-state index in [0.29, 0.717) is 11.7 Å². The van der Waals surface area contributed by atoms with Crippen LogP contribution in [0.25, 0.3) is 11.0 Å². The second kappa shape index (κ2) is 5.91. The summed E-state index contributed by atoms with van der Waals surface area (Å²) < 4.78 is 1.88. The van der Waals surface area contributed by atoms with E-state index in [1.54, 1.807) is 0 Å². The van der Waals surface area contributed by atoms with E-state index in [9.17, 15) is 5.11 Å². The van der Waals surface area contributed by atoms with Gasteiger partial charge < -0.3 is 5.11 Å². The average Bonchev–Trinajstić information content (AvgIpc) is 2.82. The van der Waals surface area contributed by atoms with Crippen molar-refractivity contribution in [3.05, 3.63) is 23.0 Å². The van der Waals surface area contributed by atoms with Gasteiger partial charge >= 0.3 is 0 Å². The zero-order valence-corrected chi connectivity index (χ0v) is 13.2. The van der Waals surface area contributed by atoms with Crippen LogP contribution in [-0.4, -0.2) is 44.0 Å². The van der Waals surface area contributed by atoms with Crippen molar-refractivity contribution in [3.8, 4) is 0 Å². The number of aliphatic hydroxyl groups excluding tert-OH is 1. The Balaban J connectivity index is 1.87. The van der Waals surface area contributed by atoms with Crippen molar-refractivity contribution < 1.29 is 5.11 Å². The number of nitrogens with zero attached hydrogens (tertiary/aromatic N) is 4. The van der Waals surface area contributed by atoms with Gasteiger partial charge in [0.2, 0.25) is 0 Å². The highest BCUT2D eigenvalue weighted by molar-refractivity contribution is 6.30. The number of piperidine rings is 1. The minimum Gasteiger partial charge on any atom is -0.392 e. The summed E-state index contributed by atoms with van der Waals surface area (Å²) in [5, 5.41) is 15.7. The van der Waals surface area contributed by atoms with E-state index < -0.39 is 0 Å². The van der Waals surface area contributed by atoms with Crippen LogP contribution in [0.3, 0.4) is 0 Å². The fourth-order valence-corrected chi connectivity index (χ4v) is 3.10. The summed E-state index contributed by atoms with van der Waals surface area (Å²) in [7, 11) is 0. The fourth-order valence-electron chi connectivity index (χ4n) is 2.90. The summed E-state index contributed by atoms with van der Waals surface area (Å²) in [6.07, 6.45) is 3.54. The van der Waals surface area contributed by atoms with E-state index in [-0.39, 0.29) is 12.1 Å². The first-order valence-corrected chi connectivity index (χ1v) is 7.85. The monoisotopic (exact) mass is 308 g/mol. The predicted octanol–water partition coefficient (Wildman–Crippen LogP) is 2.62. The lowest BCUT2D eigenvalue weighted by atomic mass is 10.1. The molecule has 1 saturated heterocycles. The van der Waals surface area contributed by atoms with Gasteiger partial charge in [-0.1, -0.05) is 11.6 Å². The minimum absolute atomic E-state index is 0.224. The van der Waals surface area contributed by atoms with Crippen LogP contribution in [0.1, 0.15) is 38.3 Å². The molecule has 0 amide bonds. The van der Waals surface area contributed by atoms with E-state index in [2.05, 4.69) is 34.9 Å². The highest BCUT2D eigenvalue weighted by Crippen LogP contribution is 2.24. The molecule has 0 spiro atoms. The van der Waals surface area contributed by atoms with Gasteiger partial charge in [-0.05, 0) is 39.3 Å². The van der Waals surface area contributed by atoms with Gasteiger partial charge in [-0.25, -0.2) is 9.67 Å². The molecular formula is C15H21ClN4O. The van der Waals surface area contributed by atoms with Crippen LogP contribution in [0.5, 0.6) is 0 Å². The second-order valence-corrected chi connectivity index (χ2v) is 6.42. The van der Waals surface area contributed by atoms with Crippen molar-refractivity contribution >= 4 is 22.6 Å². The van der Waals surface area contributed by atoms with Gasteiger partial charge in [-0.15, -0.1) is 0 Å². The molecule has 0 bridgehead atoms. The Kier molecular flexibility index (Phi) is 4.15. The van der Waals surface area contributed by atoms with Gasteiger partial charge in [0, 0.05) is 30.1 Å². The standard InChI is InChI=1S/C15H21ClN4O/c1-10(2)20-15-11(7-17-20)6-12(14(16)18-15)8-19-5-3-4-13(21)9-19/h6-7,10,13,21H,3-5,8-9H2,1-2H3. The lowest BCUT2D eigenvalue weighted by Crippen LogP contribution is -2.37. The molecule has 1 aliphatic rings. The largest absolute Gasteiger partial charge is 0.392 e. The summed E-state index contributed by atoms with van der Waals surface area (Å²) in [5.41, 5.74) is 1.83. The number of hydrogen-bond acceptors (Lipinski definition) is 4. The van der Waals surface area contributed by atoms with Crippen LogP contribution in [0.2, 0.25) is 5.15 Å². The van der Waals surface area contributed by atoms with Crippen molar-refractivity contribution in [3.63, 3.8) is 0 Å². The third-order valence-electron chi connectivity index (χ3n) is 3.96. The molecule has 0 saturated carbocycles. The van der Waals surface area contributed by atoms with Gasteiger partial charge in [0.1, 0.15) is 5.15 Å². The molecule has 2 aromatic rings. The van der Waals surface area contributed by atoms with Crippen LogP contribution in [0, 0.1) is 0 Å². The molecule has 3 rings (SSSR count). The van der Waals surface area contributed by atoms with E-state index >= 15 is 0 Å². The zero-order valence-electron chi connectivity index (χ0n) is 12.5. The Hall–Kier alpha value is -1.17. The molecule has 0 radical (unpaired) electrons. The maximum Gasteiger partial charge on any atom is 0.159 e. The average molecular weight is 309 g/mol. The van der Waals surface area contributed by atoms with Crippen molar-refractivity contribution in [2.24, 2.45) is 0 Å². The number of aromatic nitrogens is 3. The van der Waals surface area contributed by atoms with Crippen LogP contribution in [-0.2, 0) is 6.54 Å². The molecule has 3 heterocycles. The molecule has 0 aromatic carbocycles. The molecule has 21 heavy (non-hydrogen) atoms. The van der Waals surface area contributed by atoms with Crippen LogP contribution in [0.4, 0.5) is 0 Å². The zero-order chi connectivity index (χ0) is 15.0. The Morgan fingerprint density at radius 2 is 2.29 bits per heavy atom. The van der Waals surface area contributed by atoms with E-state index in [4.69, 9.17) is 11.6 Å². The normalized spacial score (nSPS) is 20.5. The first-order chi connectivity index (χ1) is 10.0. The molecule has 1 atom stereocenters. The van der Waals surface area contributed by atoms with Crippen LogP contribution < -0.4 is 0 Å². The third-order valence-corrected chi connectivity index (χ3v) is 4.29. The van der Waals surface area contributed by atoms with Gasteiger partial charge in [0.15, 0.2) is 5.65 Å². The molecule has 1 N–H and O–H groups in total. The van der Waals surface area contributed by atoms with Crippen LogP contribution >= 0.6 is 11.6 Å². The molecule has 2 aromatic heterocycles. The second-order valence-electron chi connectivity index (χ2n) is 6.07. The SMILES string of the molecule is CC(C)n1ncc2cc(CN3CCCC(O)C3)c(Cl)nc21. The molecule has 114 valence electrons. The summed E-state index contributed by atoms with van der Waals surface area (Å²) >= 11 is 6.35. The van der Waals surface area contributed by atoms with E-state index in [1.165, 1.54) is 0 Å². The van der Waals surface area contributed by atoms with Gasteiger partial charge in [-0.3, -0.25) is 4.90 Å². The van der Waals surface area contributed by atoms with Crippen LogP contribution in [0.15, 0.2) is 12.3 Å². The summed E-state index contributed by atoms with van der Waals surface area (Å²) in [5.74, 6) is 0. The first-order valence-electron chi connectivity index (χ1n) is 7.47. The Bertz CT molecular complexity index is 640. The quantitative estimate of drug-likeness (QED) is 0.886. The number of aliphatic hydroxyl groups is 1. The van der Waals surface area contributed by atoms with Gasteiger partial charge in [0.05, 0.1) is 12.3 Å². The topological polar surface area (TPSA) is 54.2 Å². The van der Waals surface area contributed by atoms with Gasteiger partial charge in [-0.2, -0.15) is 5.10 Å². The highest BCUT2D eigenvalue weighted by Gasteiger charge is 2.19. The number of rotatable bonds is 3. The highest BCUT2D eigenvalue weighted by atomic mass is 35.5. The number of hydrogen-bond donors (Lipinski definition) is 1.